The first-order chi connectivity index (χ1) is 8.33. The molecular formula is C13H31NO3Sn. The summed E-state index contributed by atoms with van der Waals surface area (Å²) in [5.74, 6) is 0. The molecule has 0 unspecified atom stereocenters. The van der Waals surface area contributed by atoms with Gasteiger partial charge in [0.2, 0.25) is 0 Å². The molecule has 0 N–H and O–H groups in total. The Kier molecular flexibility index (Phi) is 9.87. The van der Waals surface area contributed by atoms with Crippen molar-refractivity contribution >= 4 is 19.6 Å². The Morgan fingerprint density at radius 2 is 1.39 bits per heavy atom. The van der Waals surface area contributed by atoms with Crippen LogP contribution in [0.25, 0.3) is 0 Å². The molecule has 18 heavy (non-hydrogen) atoms. The van der Waals surface area contributed by atoms with Gasteiger partial charge in [0.1, 0.15) is 0 Å². The fraction of sp³-hybridized carbons (Fsp3) is 1.00. The van der Waals surface area contributed by atoms with Gasteiger partial charge in [-0.25, -0.2) is 0 Å². The van der Waals surface area contributed by atoms with Gasteiger partial charge in [-0.1, -0.05) is 0 Å². The fourth-order valence-corrected chi connectivity index (χ4v) is 8.61. The summed E-state index contributed by atoms with van der Waals surface area (Å²) in [6, 6.07) is 0. The van der Waals surface area contributed by atoms with Crippen LogP contribution in [0.3, 0.4) is 0 Å². The topological polar surface area (TPSA) is 30.9 Å². The molecule has 0 fully saturated rings. The Balaban J connectivity index is 4.23. The zero-order valence-electron chi connectivity index (χ0n) is 13.2. The van der Waals surface area contributed by atoms with Crippen molar-refractivity contribution in [3.8, 4) is 0 Å². The molecule has 4 nitrogen and oxygen atoms in total. The molecule has 0 rings (SSSR count). The van der Waals surface area contributed by atoms with Crippen molar-refractivity contribution in [1.82, 2.24) is 4.90 Å². The predicted molar refractivity (Wildman–Crippen MR) is 77.8 cm³/mol. The average Bonchev–Trinajstić information content (AvgIpc) is 2.22. The first kappa shape index (κ1) is 18.6. The van der Waals surface area contributed by atoms with E-state index in [0.29, 0.717) is 6.61 Å². The zero-order chi connectivity index (χ0) is 14.2. The van der Waals surface area contributed by atoms with E-state index in [1.165, 1.54) is 0 Å². The van der Waals surface area contributed by atoms with Crippen LogP contribution in [0, 0.1) is 0 Å². The Bertz CT molecular complexity index is 198. The fourth-order valence-electron chi connectivity index (χ4n) is 1.85. The second kappa shape index (κ2) is 9.53. The van der Waals surface area contributed by atoms with Crippen LogP contribution in [0.2, 0.25) is 4.94 Å². The molecule has 110 valence electrons. The van der Waals surface area contributed by atoms with Gasteiger partial charge in [-0.3, -0.25) is 0 Å². The van der Waals surface area contributed by atoms with Gasteiger partial charge in [-0.2, -0.15) is 0 Å². The number of likely N-dealkylation sites (N-methyl/N-ethyl adjacent to an activating group) is 1. The molecule has 0 saturated heterocycles. The Morgan fingerprint density at radius 1 is 0.944 bits per heavy atom. The summed E-state index contributed by atoms with van der Waals surface area (Å²) in [6.45, 7) is 16.2. The van der Waals surface area contributed by atoms with E-state index in [2.05, 4.69) is 23.7 Å². The van der Waals surface area contributed by atoms with E-state index in [0.717, 1.165) is 19.6 Å². The normalized spacial score (nSPS) is 13.0. The van der Waals surface area contributed by atoms with Crippen LogP contribution in [0.5, 0.6) is 0 Å². The van der Waals surface area contributed by atoms with Crippen LogP contribution < -0.4 is 0 Å². The maximum absolute atomic E-state index is 6.01. The molecule has 0 aliphatic heterocycles. The third-order valence-electron chi connectivity index (χ3n) is 2.57. The standard InChI is InChI=1S/C6H14NO.2C3H7O.CH3.Sn/c1-3-7(4-2)5-6-8;2*1-3(2)4;;/h3-6H2,1-2H3;2*3H,1-2H3;1H3;/q3*-1;;+3. The first-order valence-corrected chi connectivity index (χ1v) is 13.4. The van der Waals surface area contributed by atoms with Crippen LogP contribution in [0.1, 0.15) is 41.5 Å². The molecule has 0 radical (unpaired) electrons. The molecule has 0 spiro atoms. The van der Waals surface area contributed by atoms with Crippen molar-refractivity contribution in [3.05, 3.63) is 0 Å². The van der Waals surface area contributed by atoms with Gasteiger partial charge in [-0.05, 0) is 0 Å². The van der Waals surface area contributed by atoms with Gasteiger partial charge in [0.05, 0.1) is 0 Å². The van der Waals surface area contributed by atoms with Crippen LogP contribution in [-0.2, 0) is 9.22 Å². The predicted octanol–water partition coefficient (Wildman–Crippen LogP) is 2.76. The summed E-state index contributed by atoms with van der Waals surface area (Å²) in [6.07, 6.45) is 0.330. The molecule has 0 aromatic rings. The van der Waals surface area contributed by atoms with Gasteiger partial charge in [0.15, 0.2) is 0 Å². The van der Waals surface area contributed by atoms with Gasteiger partial charge < -0.3 is 0 Å². The summed E-state index contributed by atoms with van der Waals surface area (Å²) in [5.41, 5.74) is 0. The van der Waals surface area contributed by atoms with Crippen molar-refractivity contribution in [3.63, 3.8) is 0 Å². The molecule has 0 aromatic heterocycles. The van der Waals surface area contributed by atoms with E-state index >= 15 is 0 Å². The maximum atomic E-state index is 6.01. The Labute approximate surface area is 118 Å². The monoisotopic (exact) mass is 369 g/mol. The summed E-state index contributed by atoms with van der Waals surface area (Å²) in [7, 11) is 0. The summed E-state index contributed by atoms with van der Waals surface area (Å²) in [4.78, 5) is 4.40. The van der Waals surface area contributed by atoms with Crippen molar-refractivity contribution in [2.45, 2.75) is 58.7 Å². The number of nitrogens with zero attached hydrogens (tertiary/aromatic N) is 1. The van der Waals surface area contributed by atoms with Crippen LogP contribution in [0.15, 0.2) is 0 Å². The molecule has 0 amide bonds. The van der Waals surface area contributed by atoms with Crippen LogP contribution >= 0.6 is 0 Å². The van der Waals surface area contributed by atoms with E-state index in [1.807, 2.05) is 27.7 Å². The van der Waals surface area contributed by atoms with Gasteiger partial charge in [-0.15, -0.1) is 0 Å². The minimum absolute atomic E-state index is 0.165. The molecule has 0 aromatic carbocycles. The van der Waals surface area contributed by atoms with Crippen molar-refractivity contribution in [2.75, 3.05) is 26.2 Å². The Morgan fingerprint density at radius 3 is 1.72 bits per heavy atom. The summed E-state index contributed by atoms with van der Waals surface area (Å²) >= 11 is -3.29. The van der Waals surface area contributed by atoms with Crippen molar-refractivity contribution < 1.29 is 9.22 Å². The molecule has 0 atom stereocenters. The quantitative estimate of drug-likeness (QED) is 0.555. The second-order valence-corrected chi connectivity index (χ2v) is 12.2. The van der Waals surface area contributed by atoms with Gasteiger partial charge in [0, 0.05) is 0 Å². The van der Waals surface area contributed by atoms with E-state index in [-0.39, 0.29) is 12.2 Å². The third-order valence-corrected chi connectivity index (χ3v) is 9.78. The molecule has 5 heteroatoms. The summed E-state index contributed by atoms with van der Waals surface area (Å²) < 4.78 is 17.9. The molecule has 0 aliphatic carbocycles. The Hall–Kier alpha value is 0.639. The van der Waals surface area contributed by atoms with Crippen LogP contribution in [-0.4, -0.2) is 63.0 Å². The van der Waals surface area contributed by atoms with Gasteiger partial charge in [0.25, 0.3) is 0 Å². The average molecular weight is 368 g/mol. The first-order valence-electron chi connectivity index (χ1n) is 7.04. The molecule has 0 heterocycles. The third kappa shape index (κ3) is 8.69. The minimum atomic E-state index is -3.29. The van der Waals surface area contributed by atoms with E-state index in [9.17, 15) is 0 Å². The van der Waals surface area contributed by atoms with E-state index in [4.69, 9.17) is 9.22 Å². The van der Waals surface area contributed by atoms with E-state index < -0.39 is 19.6 Å². The molecule has 0 saturated carbocycles. The number of hydrogen-bond donors (Lipinski definition) is 0. The number of hydrogen-bond acceptors (Lipinski definition) is 4. The van der Waals surface area contributed by atoms with E-state index in [1.54, 1.807) is 0 Å². The van der Waals surface area contributed by atoms with Crippen LogP contribution in [0.4, 0.5) is 0 Å². The zero-order valence-corrected chi connectivity index (χ0v) is 16.0. The second-order valence-electron chi connectivity index (χ2n) is 5.07. The van der Waals surface area contributed by atoms with Crippen molar-refractivity contribution in [2.24, 2.45) is 0 Å². The number of rotatable bonds is 10. The molecule has 0 bridgehead atoms. The molecular weight excluding hydrogens is 337 g/mol. The SMILES string of the molecule is CCN(CC)CC[O][Sn]([CH3])([O]C(C)C)[O]C(C)C. The summed E-state index contributed by atoms with van der Waals surface area (Å²) in [5, 5.41) is 0. The van der Waals surface area contributed by atoms with Crippen molar-refractivity contribution in [1.29, 1.82) is 0 Å². The van der Waals surface area contributed by atoms with Gasteiger partial charge >= 0.3 is 119 Å². The molecule has 0 aliphatic rings.